The minimum atomic E-state index is -0.0501. The molecular weight excluding hydrogens is 432 g/mol. The molecule has 0 unspecified atom stereocenters. The van der Waals surface area contributed by atoms with Crippen LogP contribution in [0.15, 0.2) is 45.3 Å². The SMILES string of the molecule is CCn1c(Cc2cccs2)nnc1SCC(=O)Nc1ccc(Br)cc1C. The molecule has 1 aromatic carbocycles. The summed E-state index contributed by atoms with van der Waals surface area (Å²) in [6.07, 6.45) is 0.767. The van der Waals surface area contributed by atoms with Crippen LogP contribution in [0.4, 0.5) is 5.69 Å². The van der Waals surface area contributed by atoms with Crippen LogP contribution in [0.1, 0.15) is 23.2 Å². The highest BCUT2D eigenvalue weighted by atomic mass is 79.9. The average Bonchev–Trinajstić information content (AvgIpc) is 3.25. The first kappa shape index (κ1) is 19.1. The Hall–Kier alpha value is -1.64. The van der Waals surface area contributed by atoms with Crippen molar-refractivity contribution < 1.29 is 4.79 Å². The summed E-state index contributed by atoms with van der Waals surface area (Å²) in [6, 6.07) is 9.93. The molecule has 2 aromatic heterocycles. The van der Waals surface area contributed by atoms with E-state index in [1.165, 1.54) is 16.6 Å². The molecule has 0 spiro atoms. The van der Waals surface area contributed by atoms with Gasteiger partial charge in [-0.15, -0.1) is 21.5 Å². The van der Waals surface area contributed by atoms with Gasteiger partial charge in [-0.3, -0.25) is 4.79 Å². The Morgan fingerprint density at radius 2 is 2.19 bits per heavy atom. The standard InChI is InChI=1S/C18H19BrN4OS2/c1-3-23-16(10-14-5-4-8-25-14)21-22-18(23)26-11-17(24)20-15-7-6-13(19)9-12(15)2/h4-9H,3,10-11H2,1-2H3,(H,20,24). The molecule has 0 aliphatic heterocycles. The molecule has 2 heterocycles. The van der Waals surface area contributed by atoms with E-state index in [1.54, 1.807) is 11.3 Å². The highest BCUT2D eigenvalue weighted by molar-refractivity contribution is 9.10. The van der Waals surface area contributed by atoms with Crippen LogP contribution in [0.25, 0.3) is 0 Å². The second-order valence-corrected chi connectivity index (χ2v) is 8.59. The Morgan fingerprint density at radius 3 is 2.88 bits per heavy atom. The zero-order chi connectivity index (χ0) is 18.5. The van der Waals surface area contributed by atoms with Crippen LogP contribution in [0, 0.1) is 6.92 Å². The Bertz CT molecular complexity index is 893. The smallest absolute Gasteiger partial charge is 0.234 e. The highest BCUT2D eigenvalue weighted by Gasteiger charge is 2.14. The van der Waals surface area contributed by atoms with Crippen molar-refractivity contribution in [1.82, 2.24) is 14.8 Å². The van der Waals surface area contributed by atoms with Crippen LogP contribution < -0.4 is 5.32 Å². The number of thiophene rings is 1. The van der Waals surface area contributed by atoms with Gasteiger partial charge in [0.15, 0.2) is 5.16 Å². The quantitative estimate of drug-likeness (QED) is 0.527. The highest BCUT2D eigenvalue weighted by Crippen LogP contribution is 2.22. The van der Waals surface area contributed by atoms with E-state index < -0.39 is 0 Å². The van der Waals surface area contributed by atoms with E-state index in [0.717, 1.165) is 39.7 Å². The minimum absolute atomic E-state index is 0.0501. The number of nitrogens with zero attached hydrogens (tertiary/aromatic N) is 3. The third-order valence-electron chi connectivity index (χ3n) is 3.82. The maximum Gasteiger partial charge on any atom is 0.234 e. The number of hydrogen-bond donors (Lipinski definition) is 1. The van der Waals surface area contributed by atoms with Crippen LogP contribution in [0.5, 0.6) is 0 Å². The number of benzene rings is 1. The molecule has 1 N–H and O–H groups in total. The van der Waals surface area contributed by atoms with E-state index in [4.69, 9.17) is 0 Å². The van der Waals surface area contributed by atoms with Crippen molar-refractivity contribution in [3.63, 3.8) is 0 Å². The Morgan fingerprint density at radius 1 is 1.35 bits per heavy atom. The second-order valence-electron chi connectivity index (χ2n) is 5.70. The Balaban J connectivity index is 1.62. The number of amides is 1. The number of thioether (sulfide) groups is 1. The molecule has 5 nitrogen and oxygen atoms in total. The molecule has 1 amide bonds. The van der Waals surface area contributed by atoms with Gasteiger partial charge in [0.1, 0.15) is 5.82 Å². The predicted octanol–water partition coefficient (Wildman–Crippen LogP) is 4.75. The minimum Gasteiger partial charge on any atom is -0.325 e. The predicted molar refractivity (Wildman–Crippen MR) is 111 cm³/mol. The molecule has 8 heteroatoms. The van der Waals surface area contributed by atoms with Gasteiger partial charge in [0.05, 0.1) is 5.75 Å². The van der Waals surface area contributed by atoms with Gasteiger partial charge in [-0.2, -0.15) is 0 Å². The first-order chi connectivity index (χ1) is 12.6. The van der Waals surface area contributed by atoms with E-state index in [-0.39, 0.29) is 5.91 Å². The molecule has 3 rings (SSSR count). The summed E-state index contributed by atoms with van der Waals surface area (Å²) in [6.45, 7) is 4.82. The van der Waals surface area contributed by atoms with E-state index >= 15 is 0 Å². The van der Waals surface area contributed by atoms with Gasteiger partial charge in [-0.25, -0.2) is 0 Å². The molecule has 0 radical (unpaired) electrons. The van der Waals surface area contributed by atoms with E-state index in [1.807, 2.05) is 31.2 Å². The molecule has 136 valence electrons. The fraction of sp³-hybridized carbons (Fsp3) is 0.278. The third kappa shape index (κ3) is 4.75. The lowest BCUT2D eigenvalue weighted by Crippen LogP contribution is -2.15. The van der Waals surface area contributed by atoms with Crippen molar-refractivity contribution in [3.05, 3.63) is 56.4 Å². The fourth-order valence-electron chi connectivity index (χ4n) is 2.53. The summed E-state index contributed by atoms with van der Waals surface area (Å²) in [5.74, 6) is 1.18. The molecule has 3 aromatic rings. The van der Waals surface area contributed by atoms with Gasteiger partial charge >= 0.3 is 0 Å². The molecule has 0 saturated heterocycles. The number of rotatable bonds is 7. The molecule has 0 aliphatic carbocycles. The number of halogens is 1. The van der Waals surface area contributed by atoms with E-state index in [0.29, 0.717) is 5.75 Å². The van der Waals surface area contributed by atoms with Crippen LogP contribution in [-0.2, 0) is 17.8 Å². The Labute approximate surface area is 169 Å². The summed E-state index contributed by atoms with van der Waals surface area (Å²) >= 11 is 6.55. The van der Waals surface area contributed by atoms with Crippen molar-refractivity contribution in [1.29, 1.82) is 0 Å². The zero-order valence-electron chi connectivity index (χ0n) is 14.5. The third-order valence-corrected chi connectivity index (χ3v) is 6.15. The first-order valence-electron chi connectivity index (χ1n) is 8.20. The average molecular weight is 451 g/mol. The molecule has 0 bridgehead atoms. The van der Waals surface area contributed by atoms with Gasteiger partial charge in [-0.05, 0) is 49.1 Å². The second kappa shape index (κ2) is 8.83. The number of aryl methyl sites for hydroxylation is 1. The lowest BCUT2D eigenvalue weighted by molar-refractivity contribution is -0.113. The molecule has 0 aliphatic rings. The molecular formula is C18H19BrN4OS2. The lowest BCUT2D eigenvalue weighted by atomic mass is 10.2. The number of nitrogens with one attached hydrogen (secondary N) is 1. The maximum atomic E-state index is 12.3. The van der Waals surface area contributed by atoms with E-state index in [9.17, 15) is 4.79 Å². The van der Waals surface area contributed by atoms with Crippen molar-refractivity contribution >= 4 is 50.6 Å². The van der Waals surface area contributed by atoms with Gasteiger partial charge < -0.3 is 9.88 Å². The van der Waals surface area contributed by atoms with Crippen molar-refractivity contribution in [2.75, 3.05) is 11.1 Å². The topological polar surface area (TPSA) is 59.8 Å². The number of carbonyl (C=O) groups is 1. The normalized spacial score (nSPS) is 10.9. The van der Waals surface area contributed by atoms with Gasteiger partial charge in [0.25, 0.3) is 0 Å². The van der Waals surface area contributed by atoms with Gasteiger partial charge in [0.2, 0.25) is 5.91 Å². The van der Waals surface area contributed by atoms with Gasteiger partial charge in [-0.1, -0.05) is 33.8 Å². The van der Waals surface area contributed by atoms with Crippen LogP contribution in [0.2, 0.25) is 0 Å². The number of aromatic nitrogens is 3. The number of anilines is 1. The van der Waals surface area contributed by atoms with Crippen molar-refractivity contribution in [2.45, 2.75) is 32.0 Å². The number of carbonyl (C=O) groups excluding carboxylic acids is 1. The summed E-state index contributed by atoms with van der Waals surface area (Å²) in [7, 11) is 0. The van der Waals surface area contributed by atoms with Crippen LogP contribution >= 0.6 is 39.0 Å². The molecule has 0 saturated carbocycles. The van der Waals surface area contributed by atoms with E-state index in [2.05, 4.69) is 54.4 Å². The fourth-order valence-corrected chi connectivity index (χ4v) is 4.53. The van der Waals surface area contributed by atoms with Crippen molar-refractivity contribution in [2.24, 2.45) is 0 Å². The lowest BCUT2D eigenvalue weighted by Gasteiger charge is -2.09. The summed E-state index contributed by atoms with van der Waals surface area (Å²) in [4.78, 5) is 13.5. The van der Waals surface area contributed by atoms with Gasteiger partial charge in [0, 0.05) is 28.0 Å². The monoisotopic (exact) mass is 450 g/mol. The van der Waals surface area contributed by atoms with Crippen LogP contribution in [-0.4, -0.2) is 26.4 Å². The number of hydrogen-bond acceptors (Lipinski definition) is 5. The van der Waals surface area contributed by atoms with Crippen LogP contribution in [0.3, 0.4) is 0 Å². The maximum absolute atomic E-state index is 12.3. The Kier molecular flexibility index (Phi) is 6.50. The van der Waals surface area contributed by atoms with Crippen molar-refractivity contribution in [3.8, 4) is 0 Å². The molecule has 26 heavy (non-hydrogen) atoms. The molecule has 0 atom stereocenters. The summed E-state index contributed by atoms with van der Waals surface area (Å²) < 4.78 is 3.07. The first-order valence-corrected chi connectivity index (χ1v) is 10.9. The summed E-state index contributed by atoms with van der Waals surface area (Å²) in [5.41, 5.74) is 1.85. The molecule has 0 fully saturated rings. The largest absolute Gasteiger partial charge is 0.325 e. The summed E-state index contributed by atoms with van der Waals surface area (Å²) in [5, 5.41) is 14.4. The zero-order valence-corrected chi connectivity index (χ0v) is 17.7.